The fourth-order valence-corrected chi connectivity index (χ4v) is 2.25. The standard InChI is InChI=1S/C11H9BrF2O/c12-10(6-1-2-6)11(15)7-3-8(13)5-9(14)4-7/h3-6,10H,1-2H2. The number of ketones is 1. The smallest absolute Gasteiger partial charge is 0.176 e. The third-order valence-electron chi connectivity index (χ3n) is 2.43. The molecule has 1 saturated carbocycles. The molecule has 0 saturated heterocycles. The summed E-state index contributed by atoms with van der Waals surface area (Å²) in [5.41, 5.74) is 0.0984. The molecule has 1 unspecified atom stereocenters. The Morgan fingerprint density at radius 2 is 1.80 bits per heavy atom. The van der Waals surface area contributed by atoms with E-state index < -0.39 is 11.6 Å². The Hall–Kier alpha value is -0.770. The molecule has 1 aromatic rings. The molecule has 0 N–H and O–H groups in total. The van der Waals surface area contributed by atoms with Crippen LogP contribution in [0.3, 0.4) is 0 Å². The third-order valence-corrected chi connectivity index (χ3v) is 3.60. The zero-order chi connectivity index (χ0) is 11.0. The lowest BCUT2D eigenvalue weighted by Gasteiger charge is -2.07. The number of alkyl halides is 1. The average molecular weight is 275 g/mol. The lowest BCUT2D eigenvalue weighted by Crippen LogP contribution is -2.16. The molecule has 4 heteroatoms. The van der Waals surface area contributed by atoms with Crippen molar-refractivity contribution in [3.63, 3.8) is 0 Å². The van der Waals surface area contributed by atoms with Crippen molar-refractivity contribution >= 4 is 21.7 Å². The summed E-state index contributed by atoms with van der Waals surface area (Å²) in [5, 5.41) is 0. The molecule has 0 heterocycles. The second-order valence-electron chi connectivity index (χ2n) is 3.76. The molecule has 0 aromatic heterocycles. The largest absolute Gasteiger partial charge is 0.293 e. The second kappa shape index (κ2) is 4.00. The first-order valence-electron chi connectivity index (χ1n) is 4.72. The predicted molar refractivity (Wildman–Crippen MR) is 56.1 cm³/mol. The van der Waals surface area contributed by atoms with Gasteiger partial charge >= 0.3 is 0 Å². The topological polar surface area (TPSA) is 17.1 Å². The van der Waals surface area contributed by atoms with Crippen LogP contribution in [0.4, 0.5) is 8.78 Å². The van der Waals surface area contributed by atoms with Crippen LogP contribution < -0.4 is 0 Å². The number of benzene rings is 1. The van der Waals surface area contributed by atoms with E-state index in [2.05, 4.69) is 15.9 Å². The number of carbonyl (C=O) groups is 1. The Morgan fingerprint density at radius 1 is 1.27 bits per heavy atom. The van der Waals surface area contributed by atoms with Crippen LogP contribution in [0, 0.1) is 17.6 Å². The molecule has 1 atom stereocenters. The first-order valence-corrected chi connectivity index (χ1v) is 5.64. The number of hydrogen-bond acceptors (Lipinski definition) is 1. The van der Waals surface area contributed by atoms with Gasteiger partial charge in [-0.2, -0.15) is 0 Å². The summed E-state index contributed by atoms with van der Waals surface area (Å²) in [7, 11) is 0. The number of hydrogen-bond donors (Lipinski definition) is 0. The second-order valence-corrected chi connectivity index (χ2v) is 4.75. The van der Waals surface area contributed by atoms with E-state index in [-0.39, 0.29) is 16.2 Å². The van der Waals surface area contributed by atoms with Crippen molar-refractivity contribution < 1.29 is 13.6 Å². The molecule has 80 valence electrons. The highest BCUT2D eigenvalue weighted by Gasteiger charge is 2.34. The Morgan fingerprint density at radius 3 is 2.27 bits per heavy atom. The van der Waals surface area contributed by atoms with Crippen LogP contribution in [0.1, 0.15) is 23.2 Å². The Balaban J connectivity index is 2.24. The van der Waals surface area contributed by atoms with Crippen molar-refractivity contribution in [3.8, 4) is 0 Å². The Kier molecular flexibility index (Phi) is 2.87. The van der Waals surface area contributed by atoms with Crippen LogP contribution in [0.15, 0.2) is 18.2 Å². The highest BCUT2D eigenvalue weighted by Crippen LogP contribution is 2.38. The minimum Gasteiger partial charge on any atom is -0.293 e. The number of Topliss-reactive ketones (excluding diaryl/α,β-unsaturated/α-hetero) is 1. The van der Waals surface area contributed by atoms with Gasteiger partial charge in [-0.3, -0.25) is 4.79 Å². The van der Waals surface area contributed by atoms with Crippen molar-refractivity contribution in [2.24, 2.45) is 5.92 Å². The van der Waals surface area contributed by atoms with Gasteiger partial charge in [-0.15, -0.1) is 0 Å². The number of halogens is 3. The summed E-state index contributed by atoms with van der Waals surface area (Å²) in [6.45, 7) is 0. The van der Waals surface area contributed by atoms with Gasteiger partial charge in [0.15, 0.2) is 5.78 Å². The van der Waals surface area contributed by atoms with Crippen molar-refractivity contribution in [2.75, 3.05) is 0 Å². The van der Waals surface area contributed by atoms with Crippen LogP contribution in [-0.4, -0.2) is 10.6 Å². The van der Waals surface area contributed by atoms with E-state index in [4.69, 9.17) is 0 Å². The fourth-order valence-electron chi connectivity index (χ4n) is 1.46. The van der Waals surface area contributed by atoms with Gasteiger partial charge in [-0.25, -0.2) is 8.78 Å². The van der Waals surface area contributed by atoms with Crippen LogP contribution in [0.5, 0.6) is 0 Å². The molecule has 15 heavy (non-hydrogen) atoms. The Bertz CT molecular complexity index is 381. The molecular formula is C11H9BrF2O. The summed E-state index contributed by atoms with van der Waals surface area (Å²) in [6.07, 6.45) is 2.00. The quantitative estimate of drug-likeness (QED) is 0.611. The SMILES string of the molecule is O=C(c1cc(F)cc(F)c1)C(Br)C1CC1. The zero-order valence-electron chi connectivity index (χ0n) is 7.84. The monoisotopic (exact) mass is 274 g/mol. The van der Waals surface area contributed by atoms with Gasteiger partial charge in [0.05, 0.1) is 4.83 Å². The Labute approximate surface area is 94.6 Å². The van der Waals surface area contributed by atoms with E-state index in [9.17, 15) is 13.6 Å². The lowest BCUT2D eigenvalue weighted by atomic mass is 10.1. The molecule has 1 aliphatic rings. The van der Waals surface area contributed by atoms with Gasteiger partial charge in [-0.05, 0) is 30.9 Å². The van der Waals surface area contributed by atoms with Gasteiger partial charge < -0.3 is 0 Å². The molecule has 1 aromatic carbocycles. The van der Waals surface area contributed by atoms with Crippen molar-refractivity contribution in [1.29, 1.82) is 0 Å². The van der Waals surface area contributed by atoms with E-state index in [1.54, 1.807) is 0 Å². The summed E-state index contributed by atoms with van der Waals surface area (Å²) < 4.78 is 25.7. The zero-order valence-corrected chi connectivity index (χ0v) is 9.43. The first-order chi connectivity index (χ1) is 7.08. The normalized spacial score (nSPS) is 17.5. The van der Waals surface area contributed by atoms with E-state index in [1.807, 2.05) is 0 Å². The van der Waals surface area contributed by atoms with E-state index in [0.29, 0.717) is 5.92 Å². The first kappa shape index (κ1) is 10.7. The average Bonchev–Trinajstić information content (AvgIpc) is 2.97. The number of carbonyl (C=O) groups excluding carboxylic acids is 1. The molecule has 0 bridgehead atoms. The van der Waals surface area contributed by atoms with Gasteiger partial charge in [0, 0.05) is 11.6 Å². The van der Waals surface area contributed by atoms with Crippen LogP contribution in [0.25, 0.3) is 0 Å². The molecule has 2 rings (SSSR count). The van der Waals surface area contributed by atoms with Crippen LogP contribution in [-0.2, 0) is 0 Å². The van der Waals surface area contributed by atoms with Crippen molar-refractivity contribution in [2.45, 2.75) is 17.7 Å². The van der Waals surface area contributed by atoms with Gasteiger partial charge in [0.25, 0.3) is 0 Å². The van der Waals surface area contributed by atoms with Crippen LogP contribution in [0.2, 0.25) is 0 Å². The number of rotatable bonds is 3. The fraction of sp³-hybridized carbons (Fsp3) is 0.364. The van der Waals surface area contributed by atoms with E-state index in [0.717, 1.165) is 31.0 Å². The van der Waals surface area contributed by atoms with Gasteiger partial charge in [0.1, 0.15) is 11.6 Å². The minimum atomic E-state index is -0.714. The van der Waals surface area contributed by atoms with E-state index >= 15 is 0 Å². The summed E-state index contributed by atoms with van der Waals surface area (Å²) in [5.74, 6) is -1.34. The van der Waals surface area contributed by atoms with Crippen molar-refractivity contribution in [3.05, 3.63) is 35.4 Å². The van der Waals surface area contributed by atoms with Crippen molar-refractivity contribution in [1.82, 2.24) is 0 Å². The maximum absolute atomic E-state index is 12.9. The molecule has 0 amide bonds. The van der Waals surface area contributed by atoms with Gasteiger partial charge in [0.2, 0.25) is 0 Å². The highest BCUT2D eigenvalue weighted by atomic mass is 79.9. The molecular weight excluding hydrogens is 266 g/mol. The third kappa shape index (κ3) is 2.43. The molecule has 0 spiro atoms. The molecule has 0 radical (unpaired) electrons. The van der Waals surface area contributed by atoms with Crippen LogP contribution >= 0.6 is 15.9 Å². The molecule has 1 fully saturated rings. The maximum atomic E-state index is 12.9. The molecule has 0 aliphatic heterocycles. The molecule has 1 aliphatic carbocycles. The van der Waals surface area contributed by atoms with E-state index in [1.165, 1.54) is 0 Å². The van der Waals surface area contributed by atoms with Gasteiger partial charge in [-0.1, -0.05) is 15.9 Å². The summed E-state index contributed by atoms with van der Waals surface area (Å²) in [4.78, 5) is 11.4. The summed E-state index contributed by atoms with van der Waals surface area (Å²) in [6, 6.07) is 2.90. The predicted octanol–water partition coefficient (Wildman–Crippen LogP) is 3.32. The maximum Gasteiger partial charge on any atom is 0.176 e. The lowest BCUT2D eigenvalue weighted by molar-refractivity contribution is 0.0984. The molecule has 1 nitrogen and oxygen atoms in total. The highest BCUT2D eigenvalue weighted by molar-refractivity contribution is 9.10. The summed E-state index contributed by atoms with van der Waals surface area (Å²) >= 11 is 3.26. The minimum absolute atomic E-state index is 0.0984.